The molecule has 17 heavy (non-hydrogen) atoms. The van der Waals surface area contributed by atoms with Crippen LogP contribution in [0.4, 0.5) is 0 Å². The SMILES string of the molecule is Cc1sc2ccccc2c1C(C)(C)CC(=O)O. The Kier molecular flexibility index (Phi) is 2.96. The third kappa shape index (κ3) is 2.20. The van der Waals surface area contributed by atoms with Gasteiger partial charge in [-0.3, -0.25) is 4.79 Å². The van der Waals surface area contributed by atoms with Crippen molar-refractivity contribution in [2.45, 2.75) is 32.6 Å². The van der Waals surface area contributed by atoms with Crippen molar-refractivity contribution in [3.05, 3.63) is 34.7 Å². The van der Waals surface area contributed by atoms with Crippen molar-refractivity contribution in [3.63, 3.8) is 0 Å². The molecule has 2 rings (SSSR count). The monoisotopic (exact) mass is 248 g/mol. The number of thiophene rings is 1. The fourth-order valence-corrected chi connectivity index (χ4v) is 3.72. The normalized spacial score (nSPS) is 11.9. The molecule has 0 spiro atoms. The number of hydrogen-bond donors (Lipinski definition) is 1. The highest BCUT2D eigenvalue weighted by atomic mass is 32.1. The fraction of sp³-hybridized carbons (Fsp3) is 0.357. The van der Waals surface area contributed by atoms with E-state index in [0.29, 0.717) is 0 Å². The van der Waals surface area contributed by atoms with Gasteiger partial charge in [-0.25, -0.2) is 0 Å². The van der Waals surface area contributed by atoms with Crippen LogP contribution >= 0.6 is 11.3 Å². The number of carbonyl (C=O) groups is 1. The Labute approximate surface area is 105 Å². The predicted molar refractivity (Wildman–Crippen MR) is 71.8 cm³/mol. The number of carboxylic acid groups (broad SMARTS) is 1. The summed E-state index contributed by atoms with van der Waals surface area (Å²) in [6, 6.07) is 8.20. The Morgan fingerprint density at radius 3 is 2.65 bits per heavy atom. The first-order chi connectivity index (χ1) is 7.92. The first-order valence-electron chi connectivity index (χ1n) is 5.62. The first kappa shape index (κ1) is 12.1. The summed E-state index contributed by atoms with van der Waals surface area (Å²) in [5.41, 5.74) is 0.857. The van der Waals surface area contributed by atoms with Crippen LogP contribution in [0.15, 0.2) is 24.3 Å². The minimum atomic E-state index is -0.746. The summed E-state index contributed by atoms with van der Waals surface area (Å²) in [5, 5.41) is 10.2. The van der Waals surface area contributed by atoms with Crippen molar-refractivity contribution in [1.82, 2.24) is 0 Å². The van der Waals surface area contributed by atoms with Crippen molar-refractivity contribution in [1.29, 1.82) is 0 Å². The average molecular weight is 248 g/mol. The first-order valence-corrected chi connectivity index (χ1v) is 6.44. The second-order valence-electron chi connectivity index (χ2n) is 4.98. The van der Waals surface area contributed by atoms with Crippen molar-refractivity contribution in [2.75, 3.05) is 0 Å². The van der Waals surface area contributed by atoms with E-state index in [-0.39, 0.29) is 11.8 Å². The number of aliphatic carboxylic acids is 1. The molecule has 0 aliphatic heterocycles. The van der Waals surface area contributed by atoms with Gasteiger partial charge >= 0.3 is 5.97 Å². The van der Waals surface area contributed by atoms with E-state index in [1.54, 1.807) is 11.3 Å². The molecule has 0 atom stereocenters. The maximum Gasteiger partial charge on any atom is 0.304 e. The summed E-state index contributed by atoms with van der Waals surface area (Å²) in [7, 11) is 0. The largest absolute Gasteiger partial charge is 0.481 e. The van der Waals surface area contributed by atoms with Crippen LogP contribution in [0.2, 0.25) is 0 Å². The molecule has 0 aliphatic rings. The van der Waals surface area contributed by atoms with E-state index in [9.17, 15) is 4.79 Å². The number of fused-ring (bicyclic) bond motifs is 1. The maximum atomic E-state index is 11.0. The minimum absolute atomic E-state index is 0.161. The van der Waals surface area contributed by atoms with Crippen molar-refractivity contribution >= 4 is 27.4 Å². The molecule has 1 aromatic heterocycles. The zero-order valence-corrected chi connectivity index (χ0v) is 11.1. The highest BCUT2D eigenvalue weighted by Crippen LogP contribution is 2.40. The lowest BCUT2D eigenvalue weighted by Gasteiger charge is -2.23. The van der Waals surface area contributed by atoms with Crippen molar-refractivity contribution in [2.24, 2.45) is 0 Å². The molecule has 2 nitrogen and oxygen atoms in total. The van der Waals surface area contributed by atoms with Gasteiger partial charge in [0, 0.05) is 15.0 Å². The van der Waals surface area contributed by atoms with E-state index in [0.717, 1.165) is 0 Å². The Balaban J connectivity index is 2.61. The standard InChI is InChI=1S/C14H16O2S/c1-9-13(14(2,3)8-12(15)16)10-6-4-5-7-11(10)17-9/h4-7H,8H2,1-3H3,(H,15,16). The van der Waals surface area contributed by atoms with E-state index >= 15 is 0 Å². The van der Waals surface area contributed by atoms with Crippen LogP contribution in [0.1, 0.15) is 30.7 Å². The maximum absolute atomic E-state index is 11.0. The summed E-state index contributed by atoms with van der Waals surface area (Å²) in [6.07, 6.45) is 0.161. The Hall–Kier alpha value is -1.35. The number of carboxylic acids is 1. The molecule has 0 saturated heterocycles. The molecule has 1 N–H and O–H groups in total. The Morgan fingerprint density at radius 2 is 2.00 bits per heavy atom. The van der Waals surface area contributed by atoms with Crippen LogP contribution in [0.3, 0.4) is 0 Å². The molecule has 1 aromatic carbocycles. The van der Waals surface area contributed by atoms with Crippen LogP contribution in [0.25, 0.3) is 10.1 Å². The molecule has 0 aliphatic carbocycles. The highest BCUT2D eigenvalue weighted by molar-refractivity contribution is 7.19. The molecule has 0 unspecified atom stereocenters. The summed E-state index contributed by atoms with van der Waals surface area (Å²) in [5.74, 6) is -0.746. The molecule has 1 heterocycles. The minimum Gasteiger partial charge on any atom is -0.481 e. The summed E-state index contributed by atoms with van der Waals surface area (Å²) in [6.45, 7) is 6.08. The van der Waals surface area contributed by atoms with Crippen LogP contribution in [0, 0.1) is 6.92 Å². The Bertz CT molecular complexity index is 567. The molecule has 0 saturated carbocycles. The van der Waals surface area contributed by atoms with Crippen LogP contribution in [0.5, 0.6) is 0 Å². The zero-order valence-electron chi connectivity index (χ0n) is 10.3. The average Bonchev–Trinajstić information content (AvgIpc) is 2.51. The Morgan fingerprint density at radius 1 is 1.35 bits per heavy atom. The highest BCUT2D eigenvalue weighted by Gasteiger charge is 2.28. The van der Waals surface area contributed by atoms with Gasteiger partial charge in [-0.1, -0.05) is 32.0 Å². The molecule has 0 bridgehead atoms. The van der Waals surface area contributed by atoms with E-state index < -0.39 is 5.97 Å². The van der Waals surface area contributed by atoms with E-state index in [1.165, 1.54) is 20.5 Å². The lowest BCUT2D eigenvalue weighted by Crippen LogP contribution is -2.22. The van der Waals surface area contributed by atoms with E-state index in [4.69, 9.17) is 5.11 Å². The summed E-state index contributed by atoms with van der Waals surface area (Å²) in [4.78, 5) is 12.2. The number of hydrogen-bond acceptors (Lipinski definition) is 2. The molecule has 0 fully saturated rings. The topological polar surface area (TPSA) is 37.3 Å². The number of aryl methyl sites for hydroxylation is 1. The molecule has 0 radical (unpaired) electrons. The van der Waals surface area contributed by atoms with Gasteiger partial charge in [0.15, 0.2) is 0 Å². The van der Waals surface area contributed by atoms with Gasteiger partial charge in [0.1, 0.15) is 0 Å². The van der Waals surface area contributed by atoms with Crippen LogP contribution < -0.4 is 0 Å². The van der Waals surface area contributed by atoms with Crippen LogP contribution in [-0.2, 0) is 10.2 Å². The molecular formula is C14H16O2S. The van der Waals surface area contributed by atoms with Gasteiger partial charge in [-0.05, 0) is 23.9 Å². The van der Waals surface area contributed by atoms with E-state index in [1.807, 2.05) is 26.0 Å². The molecular weight excluding hydrogens is 232 g/mol. The quantitative estimate of drug-likeness (QED) is 0.892. The van der Waals surface area contributed by atoms with Crippen molar-refractivity contribution < 1.29 is 9.90 Å². The third-order valence-corrected chi connectivity index (χ3v) is 4.13. The van der Waals surface area contributed by atoms with Gasteiger partial charge in [0.25, 0.3) is 0 Å². The van der Waals surface area contributed by atoms with E-state index in [2.05, 4.69) is 19.1 Å². The lowest BCUT2D eigenvalue weighted by molar-refractivity contribution is -0.138. The molecule has 0 amide bonds. The lowest BCUT2D eigenvalue weighted by atomic mass is 9.80. The van der Waals surface area contributed by atoms with Gasteiger partial charge in [-0.15, -0.1) is 11.3 Å². The number of rotatable bonds is 3. The van der Waals surface area contributed by atoms with Gasteiger partial charge in [0.2, 0.25) is 0 Å². The van der Waals surface area contributed by atoms with Gasteiger partial charge in [-0.2, -0.15) is 0 Å². The molecule has 3 heteroatoms. The zero-order chi connectivity index (χ0) is 12.6. The fourth-order valence-electron chi connectivity index (χ4n) is 2.48. The smallest absolute Gasteiger partial charge is 0.304 e. The van der Waals surface area contributed by atoms with Gasteiger partial charge in [0.05, 0.1) is 6.42 Å². The summed E-state index contributed by atoms with van der Waals surface area (Å²) < 4.78 is 1.23. The molecule has 90 valence electrons. The predicted octanol–water partition coefficient (Wildman–Crippen LogP) is 3.96. The van der Waals surface area contributed by atoms with Crippen LogP contribution in [-0.4, -0.2) is 11.1 Å². The van der Waals surface area contributed by atoms with Gasteiger partial charge < -0.3 is 5.11 Å². The summed E-state index contributed by atoms with van der Waals surface area (Å²) >= 11 is 1.74. The molecule has 2 aromatic rings. The number of benzene rings is 1. The third-order valence-electron chi connectivity index (χ3n) is 3.04. The second kappa shape index (κ2) is 4.15. The second-order valence-corrected chi connectivity index (χ2v) is 6.24. The van der Waals surface area contributed by atoms with Crippen molar-refractivity contribution in [3.8, 4) is 0 Å².